The molecule has 6 heteroatoms. The molecular weight excluding hydrogens is 324 g/mol. The van der Waals surface area contributed by atoms with Crippen LogP contribution in [-0.4, -0.2) is 24.0 Å². The normalized spacial score (nSPS) is 22.2. The summed E-state index contributed by atoms with van der Waals surface area (Å²) in [4.78, 5) is 11.9. The van der Waals surface area contributed by atoms with Gasteiger partial charge in [0.25, 0.3) is 0 Å². The number of methoxy groups -OCH3 is 1. The molecule has 2 aliphatic rings. The second-order valence-corrected chi connectivity index (χ2v) is 6.54. The lowest BCUT2D eigenvalue weighted by atomic mass is 9.91. The average Bonchev–Trinajstić information content (AvgIpc) is 3.09. The molecule has 0 spiro atoms. The van der Waals surface area contributed by atoms with E-state index in [1.165, 1.54) is 7.11 Å². The molecule has 0 fully saturated rings. The molecule has 2 aromatic rings. The van der Waals surface area contributed by atoms with Gasteiger partial charge in [0.05, 0.1) is 7.11 Å². The number of benzene rings is 2. The number of carbonyl (C=O) groups is 1. The zero-order valence-corrected chi connectivity index (χ0v) is 14.1. The van der Waals surface area contributed by atoms with Crippen molar-refractivity contribution in [2.75, 3.05) is 7.11 Å². The third kappa shape index (κ3) is 2.45. The first kappa shape index (κ1) is 15.6. The zero-order chi connectivity index (χ0) is 17.8. The number of ether oxygens (including phenoxy) is 4. The third-order valence-corrected chi connectivity index (χ3v) is 4.39. The fraction of sp³-hybridized carbons (Fsp3) is 0.316. The van der Waals surface area contributed by atoms with Crippen LogP contribution in [0.1, 0.15) is 37.0 Å². The van der Waals surface area contributed by atoms with Gasteiger partial charge >= 0.3 is 5.97 Å². The second kappa shape index (κ2) is 5.31. The number of fused-ring (bicyclic) bond motifs is 2. The summed E-state index contributed by atoms with van der Waals surface area (Å²) in [7, 11) is 1.53. The van der Waals surface area contributed by atoms with Gasteiger partial charge in [0, 0.05) is 19.4 Å². The Bertz CT molecular complexity index is 857. The van der Waals surface area contributed by atoms with Gasteiger partial charge in [0.15, 0.2) is 23.0 Å². The maximum atomic E-state index is 11.9. The van der Waals surface area contributed by atoms with Gasteiger partial charge in [-0.25, -0.2) is 0 Å². The molecule has 2 atom stereocenters. The van der Waals surface area contributed by atoms with Crippen molar-refractivity contribution in [1.82, 2.24) is 0 Å². The Kier molecular flexibility index (Phi) is 3.32. The van der Waals surface area contributed by atoms with E-state index in [1.54, 1.807) is 30.3 Å². The molecule has 2 heterocycles. The van der Waals surface area contributed by atoms with E-state index in [0.717, 1.165) is 0 Å². The number of hydrogen-bond acceptors (Lipinski definition) is 5. The predicted molar refractivity (Wildman–Crippen MR) is 88.5 cm³/mol. The quantitative estimate of drug-likeness (QED) is 0.920. The minimum Gasteiger partial charge on any atom is -0.493 e. The fourth-order valence-electron chi connectivity index (χ4n) is 3.36. The molecule has 0 saturated carbocycles. The van der Waals surface area contributed by atoms with Gasteiger partial charge in [-0.2, -0.15) is 0 Å². The molecule has 2 aromatic carbocycles. The largest absolute Gasteiger partial charge is 0.493 e. The van der Waals surface area contributed by atoms with Gasteiger partial charge in [-0.3, -0.25) is 4.79 Å². The molecular formula is C19H18O6. The van der Waals surface area contributed by atoms with E-state index in [1.807, 2.05) is 19.9 Å². The summed E-state index contributed by atoms with van der Waals surface area (Å²) in [5, 5.41) is 9.76. The Morgan fingerprint density at radius 3 is 2.64 bits per heavy atom. The van der Waals surface area contributed by atoms with Gasteiger partial charge in [0.2, 0.25) is 5.79 Å². The third-order valence-electron chi connectivity index (χ3n) is 4.39. The van der Waals surface area contributed by atoms with Crippen LogP contribution in [0.3, 0.4) is 0 Å². The van der Waals surface area contributed by atoms with E-state index in [4.69, 9.17) is 18.9 Å². The summed E-state index contributed by atoms with van der Waals surface area (Å²) >= 11 is 0. The molecule has 4 rings (SSSR count). The van der Waals surface area contributed by atoms with E-state index in [2.05, 4.69) is 0 Å². The maximum Gasteiger partial charge on any atom is 0.315 e. The highest BCUT2D eigenvalue weighted by atomic mass is 16.7. The van der Waals surface area contributed by atoms with Crippen molar-refractivity contribution in [3.05, 3.63) is 47.5 Å². The molecule has 0 radical (unpaired) electrons. The van der Waals surface area contributed by atoms with Crippen molar-refractivity contribution < 1.29 is 28.8 Å². The van der Waals surface area contributed by atoms with Crippen LogP contribution in [0.5, 0.6) is 23.0 Å². The van der Waals surface area contributed by atoms with Crippen LogP contribution >= 0.6 is 0 Å². The molecule has 0 unspecified atom stereocenters. The molecule has 0 aromatic heterocycles. The van der Waals surface area contributed by atoms with E-state index in [-0.39, 0.29) is 0 Å². The standard InChI is InChI=1S/C19H18O6/c1-19(2)24-12-8-7-10(9-14(12)25-19)16-15(18(20)21)11-5-4-6-13(22-3)17(11)23-16/h4-9,15-16H,1-3H3,(H,20,21)/t15-,16+/m0/s1. The van der Waals surface area contributed by atoms with Crippen LogP contribution in [0, 0.1) is 0 Å². The fourth-order valence-corrected chi connectivity index (χ4v) is 3.36. The lowest BCUT2D eigenvalue weighted by molar-refractivity contribution is -0.140. The summed E-state index contributed by atoms with van der Waals surface area (Å²) in [6, 6.07) is 10.6. The average molecular weight is 342 g/mol. The van der Waals surface area contributed by atoms with Crippen LogP contribution in [0.15, 0.2) is 36.4 Å². The molecule has 0 amide bonds. The van der Waals surface area contributed by atoms with Crippen LogP contribution in [0.25, 0.3) is 0 Å². The smallest absolute Gasteiger partial charge is 0.315 e. The van der Waals surface area contributed by atoms with Crippen LogP contribution in [-0.2, 0) is 4.79 Å². The molecule has 2 aliphatic heterocycles. The molecule has 25 heavy (non-hydrogen) atoms. The Morgan fingerprint density at radius 2 is 1.92 bits per heavy atom. The molecule has 0 bridgehead atoms. The van der Waals surface area contributed by atoms with Crippen molar-refractivity contribution in [1.29, 1.82) is 0 Å². The number of hydrogen-bond donors (Lipinski definition) is 1. The van der Waals surface area contributed by atoms with Gasteiger partial charge in [-0.1, -0.05) is 18.2 Å². The van der Waals surface area contributed by atoms with Gasteiger partial charge in [-0.05, 0) is 23.8 Å². The number of aliphatic carboxylic acids is 1. The monoisotopic (exact) mass is 342 g/mol. The van der Waals surface area contributed by atoms with Crippen LogP contribution in [0.2, 0.25) is 0 Å². The van der Waals surface area contributed by atoms with Crippen LogP contribution < -0.4 is 18.9 Å². The van der Waals surface area contributed by atoms with Gasteiger partial charge in [0.1, 0.15) is 12.0 Å². The Hall–Kier alpha value is -2.89. The molecule has 0 saturated heterocycles. The van der Waals surface area contributed by atoms with Gasteiger partial charge < -0.3 is 24.1 Å². The maximum absolute atomic E-state index is 11.9. The van der Waals surface area contributed by atoms with E-state index in [9.17, 15) is 9.90 Å². The Morgan fingerprint density at radius 1 is 1.16 bits per heavy atom. The summed E-state index contributed by atoms with van der Waals surface area (Å²) in [6.45, 7) is 3.64. The topological polar surface area (TPSA) is 74.2 Å². The van der Waals surface area contributed by atoms with E-state index < -0.39 is 23.8 Å². The lowest BCUT2D eigenvalue weighted by Crippen LogP contribution is -2.29. The summed E-state index contributed by atoms with van der Waals surface area (Å²) < 4.78 is 22.8. The van der Waals surface area contributed by atoms with Crippen LogP contribution in [0.4, 0.5) is 0 Å². The number of para-hydroxylation sites is 1. The molecule has 6 nitrogen and oxygen atoms in total. The van der Waals surface area contributed by atoms with Crippen molar-refractivity contribution >= 4 is 5.97 Å². The van der Waals surface area contributed by atoms with E-state index in [0.29, 0.717) is 34.1 Å². The first-order valence-corrected chi connectivity index (χ1v) is 7.98. The molecule has 0 aliphatic carbocycles. The van der Waals surface area contributed by atoms with Crippen molar-refractivity contribution in [2.45, 2.75) is 31.7 Å². The van der Waals surface area contributed by atoms with Crippen molar-refractivity contribution in [3.8, 4) is 23.0 Å². The highest BCUT2D eigenvalue weighted by molar-refractivity contribution is 5.80. The predicted octanol–water partition coefficient (Wildman–Crippen LogP) is 3.50. The first-order valence-electron chi connectivity index (χ1n) is 7.98. The van der Waals surface area contributed by atoms with Crippen molar-refractivity contribution in [2.24, 2.45) is 0 Å². The lowest BCUT2D eigenvalue weighted by Gasteiger charge is -2.17. The minimum absolute atomic E-state index is 0.473. The first-order chi connectivity index (χ1) is 11.9. The highest BCUT2D eigenvalue weighted by Crippen LogP contribution is 2.51. The van der Waals surface area contributed by atoms with E-state index >= 15 is 0 Å². The zero-order valence-electron chi connectivity index (χ0n) is 14.1. The number of carboxylic acid groups (broad SMARTS) is 1. The Balaban J connectivity index is 1.76. The number of rotatable bonds is 3. The molecule has 130 valence electrons. The minimum atomic E-state index is -0.949. The second-order valence-electron chi connectivity index (χ2n) is 6.54. The number of carboxylic acids is 1. The summed E-state index contributed by atoms with van der Waals surface area (Å²) in [6.07, 6.45) is -0.665. The van der Waals surface area contributed by atoms with Crippen molar-refractivity contribution in [3.63, 3.8) is 0 Å². The summed E-state index contributed by atoms with van der Waals surface area (Å²) in [5.74, 6) is -0.301. The SMILES string of the molecule is COc1cccc2c1O[C@H](c1ccc3c(c1)OC(C)(C)O3)[C@H]2C(=O)O. The highest BCUT2D eigenvalue weighted by Gasteiger charge is 2.43. The van der Waals surface area contributed by atoms with Gasteiger partial charge in [-0.15, -0.1) is 0 Å². The molecule has 1 N–H and O–H groups in total. The summed E-state index contributed by atoms with van der Waals surface area (Å²) in [5.41, 5.74) is 1.32. The Labute approximate surface area is 144 Å².